The summed E-state index contributed by atoms with van der Waals surface area (Å²) < 4.78 is 5.20. The van der Waals surface area contributed by atoms with Gasteiger partial charge in [-0.25, -0.2) is 0 Å². The summed E-state index contributed by atoms with van der Waals surface area (Å²) in [5.41, 5.74) is 4.61. The Balaban J connectivity index is 3.21. The number of methoxy groups -OCH3 is 1. The Bertz CT molecular complexity index is 455. The van der Waals surface area contributed by atoms with Crippen LogP contribution >= 0.6 is 0 Å². The van der Waals surface area contributed by atoms with E-state index < -0.39 is 0 Å². The molecule has 2 N–H and O–H groups in total. The van der Waals surface area contributed by atoms with Gasteiger partial charge in [0, 0.05) is 41.4 Å². The van der Waals surface area contributed by atoms with Crippen molar-refractivity contribution in [2.75, 3.05) is 7.11 Å². The zero-order valence-electron chi connectivity index (χ0n) is 9.60. The lowest BCUT2D eigenvalue weighted by molar-refractivity contribution is 0.303. The lowest BCUT2D eigenvalue weighted by Gasteiger charge is -2.14. The van der Waals surface area contributed by atoms with Gasteiger partial charge in [0.25, 0.3) is 0 Å². The lowest BCUT2D eigenvalue weighted by Crippen LogP contribution is -2.07. The van der Waals surface area contributed by atoms with Crippen molar-refractivity contribution in [3.05, 3.63) is 47.5 Å². The highest BCUT2D eigenvalue weighted by molar-refractivity contribution is 5.86. The van der Waals surface area contributed by atoms with Gasteiger partial charge < -0.3 is 10.1 Å². The predicted molar refractivity (Wildman–Crippen MR) is 70.4 cm³/mol. The van der Waals surface area contributed by atoms with E-state index in [1.165, 1.54) is 12.4 Å². The third kappa shape index (κ3) is 3.01. The quantitative estimate of drug-likeness (QED) is 0.723. The fourth-order valence-corrected chi connectivity index (χ4v) is 1.30. The maximum absolute atomic E-state index is 7.35. The van der Waals surface area contributed by atoms with E-state index in [0.29, 0.717) is 22.5 Å². The molecule has 0 aromatic heterocycles. The first kappa shape index (κ1) is 12.6. The molecule has 0 amide bonds. The Morgan fingerprint density at radius 3 is 3.00 bits per heavy atom. The highest BCUT2D eigenvalue weighted by atomic mass is 16.5. The summed E-state index contributed by atoms with van der Waals surface area (Å²) in [4.78, 5) is 3.65. The van der Waals surface area contributed by atoms with Gasteiger partial charge in [0.15, 0.2) is 0 Å². The molecular weight excluding hydrogens is 216 g/mol. The first-order chi connectivity index (χ1) is 8.24. The highest BCUT2D eigenvalue weighted by Gasteiger charge is 2.13. The zero-order chi connectivity index (χ0) is 12.7. The number of aliphatic imine (C=N–C) groups is 1. The van der Waals surface area contributed by atoms with Crippen LogP contribution in [0.4, 0.5) is 0 Å². The molecular formula is C12H14N4O. The van der Waals surface area contributed by atoms with Gasteiger partial charge in [0.1, 0.15) is 5.76 Å². The monoisotopic (exact) mass is 230 g/mol. The number of nitrogens with one attached hydrogen (secondary N) is 2. The van der Waals surface area contributed by atoms with E-state index in [2.05, 4.69) is 28.8 Å². The van der Waals surface area contributed by atoms with Crippen LogP contribution in [-0.4, -0.2) is 26.3 Å². The molecule has 0 unspecified atom stereocenters. The van der Waals surface area contributed by atoms with Crippen molar-refractivity contribution < 1.29 is 4.74 Å². The molecule has 0 atom stereocenters. The van der Waals surface area contributed by atoms with Gasteiger partial charge in [-0.3, -0.25) is 10.4 Å². The van der Waals surface area contributed by atoms with Crippen molar-refractivity contribution in [1.29, 1.82) is 5.41 Å². The highest BCUT2D eigenvalue weighted by Crippen LogP contribution is 2.23. The summed E-state index contributed by atoms with van der Waals surface area (Å²) in [5.74, 6) is 0.582. The van der Waals surface area contributed by atoms with Gasteiger partial charge in [-0.05, 0) is 6.72 Å². The fourth-order valence-electron chi connectivity index (χ4n) is 1.30. The number of hydrazone groups is 1. The van der Waals surface area contributed by atoms with Crippen LogP contribution < -0.4 is 5.43 Å². The molecule has 1 heterocycles. The molecule has 0 saturated carbocycles. The third-order valence-electron chi connectivity index (χ3n) is 2.12. The average molecular weight is 230 g/mol. The van der Waals surface area contributed by atoms with Crippen molar-refractivity contribution in [3.63, 3.8) is 0 Å². The Hall–Kier alpha value is -2.43. The van der Waals surface area contributed by atoms with Crippen LogP contribution in [0, 0.1) is 5.41 Å². The van der Waals surface area contributed by atoms with Gasteiger partial charge in [0.2, 0.25) is 0 Å². The molecule has 0 spiro atoms. The Labute approximate surface area is 100 Å². The summed E-state index contributed by atoms with van der Waals surface area (Å²) in [7, 11) is 1.55. The van der Waals surface area contributed by atoms with Crippen molar-refractivity contribution in [3.8, 4) is 0 Å². The molecule has 0 bridgehead atoms. The third-order valence-corrected chi connectivity index (χ3v) is 2.12. The molecule has 0 aromatic rings. The van der Waals surface area contributed by atoms with Crippen LogP contribution in [0.1, 0.15) is 0 Å². The van der Waals surface area contributed by atoms with Crippen LogP contribution in [0.3, 0.4) is 0 Å². The summed E-state index contributed by atoms with van der Waals surface area (Å²) in [6.07, 6.45) is 7.53. The largest absolute Gasteiger partial charge is 0.496 e. The van der Waals surface area contributed by atoms with E-state index >= 15 is 0 Å². The topological polar surface area (TPSA) is 69.8 Å². The van der Waals surface area contributed by atoms with E-state index in [4.69, 9.17) is 10.1 Å². The maximum atomic E-state index is 7.35. The van der Waals surface area contributed by atoms with Crippen molar-refractivity contribution in [2.45, 2.75) is 0 Å². The fraction of sp³-hybridized carbons (Fsp3) is 0.0833. The number of allylic oxidation sites excluding steroid dienone is 3. The minimum atomic E-state index is 0.567. The first-order valence-electron chi connectivity index (χ1n) is 4.84. The van der Waals surface area contributed by atoms with Crippen LogP contribution in [-0.2, 0) is 4.74 Å². The lowest BCUT2D eigenvalue weighted by atomic mass is 9.99. The average Bonchev–Trinajstić information content (AvgIpc) is 2.33. The second-order valence-corrected chi connectivity index (χ2v) is 3.09. The Kier molecular flexibility index (Phi) is 4.62. The van der Waals surface area contributed by atoms with E-state index in [9.17, 15) is 0 Å². The minimum Gasteiger partial charge on any atom is -0.496 e. The molecule has 1 aliphatic heterocycles. The molecule has 0 aliphatic carbocycles. The molecule has 0 fully saturated rings. The summed E-state index contributed by atoms with van der Waals surface area (Å²) in [6.45, 7) is 7.30. The standard InChI is InChI=1S/C12H14N4O/c1-9-11(10(6-13)7-14-2)8-16-15-5-4-12(9)17-3/h4-8,13,16H,1-2H2,3H3/b10-7+,11-8+,12-4+,13-6?,15-5-. The van der Waals surface area contributed by atoms with Crippen LogP contribution in [0.5, 0.6) is 0 Å². The molecule has 0 radical (unpaired) electrons. The van der Waals surface area contributed by atoms with E-state index in [-0.39, 0.29) is 0 Å². The minimum absolute atomic E-state index is 0.567. The van der Waals surface area contributed by atoms with Crippen molar-refractivity contribution in [2.24, 2.45) is 10.1 Å². The van der Waals surface area contributed by atoms with E-state index in [1.54, 1.807) is 25.6 Å². The maximum Gasteiger partial charge on any atom is 0.127 e. The van der Waals surface area contributed by atoms with Gasteiger partial charge in [-0.1, -0.05) is 6.58 Å². The van der Waals surface area contributed by atoms with Crippen LogP contribution in [0.15, 0.2) is 57.6 Å². The second-order valence-electron chi connectivity index (χ2n) is 3.09. The molecule has 5 heteroatoms. The zero-order valence-corrected chi connectivity index (χ0v) is 9.60. The van der Waals surface area contributed by atoms with E-state index in [0.717, 1.165) is 0 Å². The van der Waals surface area contributed by atoms with Crippen LogP contribution in [0.25, 0.3) is 0 Å². The first-order valence-corrected chi connectivity index (χ1v) is 4.84. The Morgan fingerprint density at radius 1 is 1.65 bits per heavy atom. The molecule has 0 aromatic carbocycles. The number of hydrogen-bond donors (Lipinski definition) is 2. The van der Waals surface area contributed by atoms with Crippen molar-refractivity contribution in [1.82, 2.24) is 5.43 Å². The molecule has 17 heavy (non-hydrogen) atoms. The molecule has 5 nitrogen and oxygen atoms in total. The second kappa shape index (κ2) is 6.22. The van der Waals surface area contributed by atoms with Crippen molar-refractivity contribution >= 4 is 19.1 Å². The normalized spacial score (nSPS) is 24.1. The number of nitrogens with zero attached hydrogens (tertiary/aromatic N) is 2. The van der Waals surface area contributed by atoms with Gasteiger partial charge in [-0.2, -0.15) is 5.10 Å². The molecule has 1 rings (SSSR count). The number of ether oxygens (including phenoxy) is 1. The molecule has 0 saturated heterocycles. The molecule has 1 aliphatic rings. The smallest absolute Gasteiger partial charge is 0.127 e. The van der Waals surface area contributed by atoms with Gasteiger partial charge in [0.05, 0.1) is 13.3 Å². The molecule has 88 valence electrons. The van der Waals surface area contributed by atoms with E-state index in [1.807, 2.05) is 0 Å². The van der Waals surface area contributed by atoms with Gasteiger partial charge in [-0.15, -0.1) is 0 Å². The summed E-state index contributed by atoms with van der Waals surface area (Å²) in [5, 5.41) is 11.2. The number of hydrogen-bond acceptors (Lipinski definition) is 5. The predicted octanol–water partition coefficient (Wildman–Crippen LogP) is 1.78. The summed E-state index contributed by atoms with van der Waals surface area (Å²) >= 11 is 0. The van der Waals surface area contributed by atoms with Gasteiger partial charge >= 0.3 is 0 Å². The number of rotatable bonds is 4. The Morgan fingerprint density at radius 2 is 2.41 bits per heavy atom. The summed E-state index contributed by atoms with van der Waals surface area (Å²) in [6, 6.07) is 0. The SMILES string of the molecule is C=N/C=C(C=N)/C1=C/N/N=C\C=C(\OC)C1=C. The van der Waals surface area contributed by atoms with Crippen LogP contribution in [0.2, 0.25) is 0 Å².